The molecule has 158 valence electrons. The van der Waals surface area contributed by atoms with Crippen molar-refractivity contribution in [3.05, 3.63) is 35.9 Å². The maximum Gasteiger partial charge on any atom is 0.251 e. The Balaban J connectivity index is 1.43. The van der Waals surface area contributed by atoms with Crippen molar-refractivity contribution in [2.24, 2.45) is 10.9 Å². The van der Waals surface area contributed by atoms with Gasteiger partial charge in [0.1, 0.15) is 0 Å². The van der Waals surface area contributed by atoms with E-state index in [1.54, 1.807) is 12.1 Å². The fourth-order valence-corrected chi connectivity index (χ4v) is 4.05. The Labute approximate surface area is 173 Å². The minimum absolute atomic E-state index is 0.0874. The number of amides is 2. The summed E-state index contributed by atoms with van der Waals surface area (Å²) in [6.07, 6.45) is 5.40. The molecule has 1 heterocycles. The fourth-order valence-electron chi connectivity index (χ4n) is 4.05. The lowest BCUT2D eigenvalue weighted by Crippen LogP contribution is -2.45. The first-order valence-electron chi connectivity index (χ1n) is 10.8. The summed E-state index contributed by atoms with van der Waals surface area (Å²) in [5.74, 6) is 1.22. The standard InChI is InChI=1S/C22H33N5O2/c1-2-23-22(25-14-13-24-20(28)17-8-4-3-5-9-17)26-19-12-15-27(16-19)21(29)18-10-6-7-11-18/h3-5,8-9,18-19H,2,6-7,10-16H2,1H3,(H,24,28)(H2,23,25,26). The van der Waals surface area contributed by atoms with Gasteiger partial charge in [-0.3, -0.25) is 14.6 Å². The number of rotatable bonds is 7. The molecule has 0 radical (unpaired) electrons. The number of carbonyl (C=O) groups is 2. The van der Waals surface area contributed by atoms with Gasteiger partial charge in [0, 0.05) is 43.7 Å². The Morgan fingerprint density at radius 1 is 1.10 bits per heavy atom. The van der Waals surface area contributed by atoms with Crippen LogP contribution in [0.4, 0.5) is 0 Å². The summed E-state index contributed by atoms with van der Waals surface area (Å²) in [6, 6.07) is 9.40. The Bertz CT molecular complexity index is 700. The van der Waals surface area contributed by atoms with Gasteiger partial charge in [-0.1, -0.05) is 31.0 Å². The van der Waals surface area contributed by atoms with Crippen molar-refractivity contribution in [3.63, 3.8) is 0 Å². The van der Waals surface area contributed by atoms with Gasteiger partial charge in [-0.15, -0.1) is 0 Å². The number of benzene rings is 1. The second-order valence-corrected chi connectivity index (χ2v) is 7.78. The van der Waals surface area contributed by atoms with Crippen LogP contribution in [0.25, 0.3) is 0 Å². The number of nitrogens with zero attached hydrogens (tertiary/aromatic N) is 2. The highest BCUT2D eigenvalue weighted by atomic mass is 16.2. The molecule has 1 aromatic carbocycles. The molecule has 1 aromatic rings. The van der Waals surface area contributed by atoms with Gasteiger partial charge in [-0.25, -0.2) is 0 Å². The van der Waals surface area contributed by atoms with E-state index in [-0.39, 0.29) is 17.9 Å². The predicted octanol–water partition coefficient (Wildman–Crippen LogP) is 1.76. The number of nitrogens with one attached hydrogen (secondary N) is 3. The maximum atomic E-state index is 12.6. The lowest BCUT2D eigenvalue weighted by Gasteiger charge is -2.21. The highest BCUT2D eigenvalue weighted by Crippen LogP contribution is 2.27. The first kappa shape index (κ1) is 21.1. The largest absolute Gasteiger partial charge is 0.357 e. The zero-order valence-corrected chi connectivity index (χ0v) is 17.3. The summed E-state index contributed by atoms with van der Waals surface area (Å²) in [6.45, 7) is 5.31. The lowest BCUT2D eigenvalue weighted by molar-refractivity contribution is -0.134. The van der Waals surface area contributed by atoms with E-state index in [9.17, 15) is 9.59 Å². The van der Waals surface area contributed by atoms with Crippen LogP contribution in [0.3, 0.4) is 0 Å². The van der Waals surface area contributed by atoms with Crippen LogP contribution < -0.4 is 16.0 Å². The van der Waals surface area contributed by atoms with E-state index >= 15 is 0 Å². The van der Waals surface area contributed by atoms with Crippen molar-refractivity contribution in [2.45, 2.75) is 45.1 Å². The highest BCUT2D eigenvalue weighted by molar-refractivity contribution is 5.94. The Morgan fingerprint density at radius 3 is 2.59 bits per heavy atom. The van der Waals surface area contributed by atoms with E-state index in [4.69, 9.17) is 0 Å². The number of hydrogen-bond donors (Lipinski definition) is 3. The van der Waals surface area contributed by atoms with Gasteiger partial charge in [0.25, 0.3) is 5.91 Å². The summed E-state index contributed by atoms with van der Waals surface area (Å²) in [5.41, 5.74) is 0.652. The molecule has 1 atom stereocenters. The molecule has 7 heteroatoms. The highest BCUT2D eigenvalue weighted by Gasteiger charge is 2.32. The second-order valence-electron chi connectivity index (χ2n) is 7.78. The van der Waals surface area contributed by atoms with E-state index in [2.05, 4.69) is 20.9 Å². The molecular formula is C22H33N5O2. The minimum atomic E-state index is -0.0874. The summed E-state index contributed by atoms with van der Waals surface area (Å²) >= 11 is 0. The van der Waals surface area contributed by atoms with Crippen LogP contribution >= 0.6 is 0 Å². The van der Waals surface area contributed by atoms with Crippen LogP contribution in [0.1, 0.15) is 49.4 Å². The number of guanidine groups is 1. The van der Waals surface area contributed by atoms with Crippen molar-refractivity contribution in [2.75, 3.05) is 32.7 Å². The molecule has 29 heavy (non-hydrogen) atoms. The van der Waals surface area contributed by atoms with Gasteiger partial charge in [0.05, 0.1) is 6.54 Å². The SMILES string of the molecule is CCNC(=NCCNC(=O)c1ccccc1)NC1CCN(C(=O)C2CCCC2)C1. The third kappa shape index (κ3) is 6.21. The van der Waals surface area contributed by atoms with Crippen LogP contribution in [0.15, 0.2) is 35.3 Å². The first-order chi connectivity index (χ1) is 14.2. The zero-order valence-electron chi connectivity index (χ0n) is 17.3. The van der Waals surface area contributed by atoms with Crippen molar-refractivity contribution in [1.29, 1.82) is 0 Å². The zero-order chi connectivity index (χ0) is 20.5. The smallest absolute Gasteiger partial charge is 0.251 e. The number of likely N-dealkylation sites (tertiary alicyclic amines) is 1. The van der Waals surface area contributed by atoms with Crippen LogP contribution in [0, 0.1) is 5.92 Å². The van der Waals surface area contributed by atoms with E-state index in [0.717, 1.165) is 44.9 Å². The van der Waals surface area contributed by atoms with Gasteiger partial charge in [0.2, 0.25) is 5.91 Å². The van der Waals surface area contributed by atoms with E-state index in [0.29, 0.717) is 24.6 Å². The molecule has 3 rings (SSSR count). The maximum absolute atomic E-state index is 12.6. The summed E-state index contributed by atoms with van der Waals surface area (Å²) < 4.78 is 0. The van der Waals surface area contributed by atoms with Gasteiger partial charge in [-0.05, 0) is 38.3 Å². The molecule has 0 spiro atoms. The number of aliphatic imine (C=N–C) groups is 1. The summed E-state index contributed by atoms with van der Waals surface area (Å²) in [7, 11) is 0. The molecule has 1 aliphatic carbocycles. The molecule has 1 unspecified atom stereocenters. The summed E-state index contributed by atoms with van der Waals surface area (Å²) in [5, 5.41) is 9.58. The third-order valence-electron chi connectivity index (χ3n) is 5.59. The molecule has 0 aromatic heterocycles. The monoisotopic (exact) mass is 399 g/mol. The van der Waals surface area contributed by atoms with Gasteiger partial charge in [-0.2, -0.15) is 0 Å². The molecule has 2 fully saturated rings. The third-order valence-corrected chi connectivity index (χ3v) is 5.59. The molecule has 1 saturated carbocycles. The molecule has 1 aliphatic heterocycles. The fraction of sp³-hybridized carbons (Fsp3) is 0.591. The van der Waals surface area contributed by atoms with E-state index in [1.807, 2.05) is 30.0 Å². The molecule has 0 bridgehead atoms. The van der Waals surface area contributed by atoms with Gasteiger partial charge < -0.3 is 20.9 Å². The van der Waals surface area contributed by atoms with Crippen molar-refractivity contribution in [3.8, 4) is 0 Å². The quantitative estimate of drug-likeness (QED) is 0.371. The Kier molecular flexibility index (Phi) is 7.90. The average molecular weight is 400 g/mol. The topological polar surface area (TPSA) is 85.8 Å². The molecule has 7 nitrogen and oxygen atoms in total. The van der Waals surface area contributed by atoms with Crippen molar-refractivity contribution in [1.82, 2.24) is 20.9 Å². The summed E-state index contributed by atoms with van der Waals surface area (Å²) in [4.78, 5) is 31.3. The molecular weight excluding hydrogens is 366 g/mol. The number of carbonyl (C=O) groups excluding carboxylic acids is 2. The van der Waals surface area contributed by atoms with Crippen LogP contribution in [-0.2, 0) is 4.79 Å². The van der Waals surface area contributed by atoms with E-state index < -0.39 is 0 Å². The van der Waals surface area contributed by atoms with Crippen molar-refractivity contribution < 1.29 is 9.59 Å². The lowest BCUT2D eigenvalue weighted by atomic mass is 10.1. The Morgan fingerprint density at radius 2 is 1.86 bits per heavy atom. The number of hydrogen-bond acceptors (Lipinski definition) is 3. The normalized spacial score (nSPS) is 20.0. The minimum Gasteiger partial charge on any atom is -0.357 e. The van der Waals surface area contributed by atoms with Crippen LogP contribution in [-0.4, -0.2) is 61.4 Å². The van der Waals surface area contributed by atoms with Crippen molar-refractivity contribution >= 4 is 17.8 Å². The van der Waals surface area contributed by atoms with Gasteiger partial charge in [0.15, 0.2) is 5.96 Å². The van der Waals surface area contributed by atoms with Crippen LogP contribution in [0.2, 0.25) is 0 Å². The van der Waals surface area contributed by atoms with E-state index in [1.165, 1.54) is 12.8 Å². The molecule has 3 N–H and O–H groups in total. The molecule has 2 amide bonds. The van der Waals surface area contributed by atoms with Crippen LogP contribution in [0.5, 0.6) is 0 Å². The first-order valence-corrected chi connectivity index (χ1v) is 10.8. The Hall–Kier alpha value is -2.57. The predicted molar refractivity (Wildman–Crippen MR) is 115 cm³/mol. The average Bonchev–Trinajstić information content (AvgIpc) is 3.43. The van der Waals surface area contributed by atoms with Gasteiger partial charge >= 0.3 is 0 Å². The molecule has 2 aliphatic rings. The second kappa shape index (κ2) is 10.8. The molecule has 1 saturated heterocycles.